The summed E-state index contributed by atoms with van der Waals surface area (Å²) in [6.07, 6.45) is 2.03. The summed E-state index contributed by atoms with van der Waals surface area (Å²) in [5.74, 6) is 0.564. The highest BCUT2D eigenvalue weighted by Gasteiger charge is 2.30. The van der Waals surface area contributed by atoms with Crippen LogP contribution >= 0.6 is 0 Å². The van der Waals surface area contributed by atoms with Crippen molar-refractivity contribution in [2.24, 2.45) is 0 Å². The molecule has 0 N–H and O–H groups in total. The summed E-state index contributed by atoms with van der Waals surface area (Å²) in [5.41, 5.74) is 4.06. The Hall–Kier alpha value is -3.14. The summed E-state index contributed by atoms with van der Waals surface area (Å²) in [6, 6.07) is 15.2. The van der Waals surface area contributed by atoms with Crippen LogP contribution in [0.4, 0.5) is 0 Å². The summed E-state index contributed by atoms with van der Waals surface area (Å²) in [6.45, 7) is 9.17. The lowest BCUT2D eigenvalue weighted by Crippen LogP contribution is -2.42. The van der Waals surface area contributed by atoms with E-state index in [1.54, 1.807) is 20.1 Å². The van der Waals surface area contributed by atoms with Crippen LogP contribution in [-0.4, -0.2) is 61.5 Å². The molecule has 1 amide bonds. The van der Waals surface area contributed by atoms with Gasteiger partial charge in [0.1, 0.15) is 12.4 Å². The zero-order valence-corrected chi connectivity index (χ0v) is 23.6. The molecule has 0 radical (unpaired) electrons. The van der Waals surface area contributed by atoms with Gasteiger partial charge in [0.25, 0.3) is 0 Å². The average molecular weight is 540 g/mol. The van der Waals surface area contributed by atoms with Crippen LogP contribution in [0.2, 0.25) is 0 Å². The number of methoxy groups -OCH3 is 1. The zero-order chi connectivity index (χ0) is 27.4. The number of benzene rings is 2. The molecule has 2 aromatic carbocycles. The SMILES string of the molecule is COc1cc(C)c(S(=O)(=O)N(CCOCC(=O)N2CCn3cccc3C2C)Cc2ccccc2)c(C)c1C. The van der Waals surface area contributed by atoms with Crippen molar-refractivity contribution in [1.29, 1.82) is 0 Å². The zero-order valence-electron chi connectivity index (χ0n) is 22.8. The van der Waals surface area contributed by atoms with E-state index in [1.165, 1.54) is 4.31 Å². The number of aromatic nitrogens is 1. The number of sulfonamides is 1. The fourth-order valence-electron chi connectivity index (χ4n) is 5.16. The van der Waals surface area contributed by atoms with E-state index in [0.29, 0.717) is 23.4 Å². The van der Waals surface area contributed by atoms with Crippen molar-refractivity contribution in [3.63, 3.8) is 0 Å². The first kappa shape index (κ1) is 27.9. The predicted octanol–water partition coefficient (Wildman–Crippen LogP) is 4.23. The van der Waals surface area contributed by atoms with E-state index in [9.17, 15) is 13.2 Å². The lowest BCUT2D eigenvalue weighted by Gasteiger charge is -2.35. The number of aryl methyl sites for hydroxylation is 1. The lowest BCUT2D eigenvalue weighted by atomic mass is 10.1. The summed E-state index contributed by atoms with van der Waals surface area (Å²) >= 11 is 0. The van der Waals surface area contributed by atoms with Gasteiger partial charge >= 0.3 is 0 Å². The normalized spacial score (nSPS) is 15.5. The number of carbonyl (C=O) groups is 1. The molecule has 3 aromatic rings. The van der Waals surface area contributed by atoms with Crippen molar-refractivity contribution in [2.75, 3.05) is 33.4 Å². The molecule has 0 saturated heterocycles. The van der Waals surface area contributed by atoms with Gasteiger partial charge in [-0.15, -0.1) is 0 Å². The first-order chi connectivity index (χ1) is 18.1. The number of rotatable bonds is 10. The van der Waals surface area contributed by atoms with Gasteiger partial charge in [0, 0.05) is 38.1 Å². The third-order valence-electron chi connectivity index (χ3n) is 7.37. The molecule has 9 heteroatoms. The molecular weight excluding hydrogens is 502 g/mol. The molecule has 4 rings (SSSR count). The van der Waals surface area contributed by atoms with Crippen LogP contribution in [-0.2, 0) is 32.6 Å². The van der Waals surface area contributed by atoms with Crippen LogP contribution in [0.1, 0.15) is 40.9 Å². The molecular formula is C29H37N3O5S. The summed E-state index contributed by atoms with van der Waals surface area (Å²) in [4.78, 5) is 15.0. The van der Waals surface area contributed by atoms with Gasteiger partial charge in [-0.2, -0.15) is 4.31 Å². The number of amides is 1. The second-order valence-electron chi connectivity index (χ2n) is 9.74. The topological polar surface area (TPSA) is 81.1 Å². The Balaban J connectivity index is 1.48. The molecule has 0 bridgehead atoms. The van der Waals surface area contributed by atoms with Crippen LogP contribution in [0.15, 0.2) is 59.6 Å². The minimum atomic E-state index is -3.87. The van der Waals surface area contributed by atoms with Gasteiger partial charge in [-0.05, 0) is 68.1 Å². The molecule has 2 heterocycles. The standard InChI is InChI=1S/C29H37N3O5S/c1-21-18-27(36-5)22(2)23(3)29(21)38(34,35)31(19-25-10-7-6-8-11-25)16-17-37-20-28(33)32-15-14-30-13-9-12-26(30)24(32)4/h6-13,18,24H,14-17,19-20H2,1-5H3. The smallest absolute Gasteiger partial charge is 0.249 e. The van der Waals surface area contributed by atoms with Gasteiger partial charge in [0.15, 0.2) is 0 Å². The number of carbonyl (C=O) groups excluding carboxylic acids is 1. The molecule has 1 aliphatic heterocycles. The van der Waals surface area contributed by atoms with Crippen LogP contribution in [0, 0.1) is 20.8 Å². The third-order valence-corrected chi connectivity index (χ3v) is 9.51. The van der Waals surface area contributed by atoms with Crippen molar-refractivity contribution in [2.45, 2.75) is 51.7 Å². The molecule has 8 nitrogen and oxygen atoms in total. The van der Waals surface area contributed by atoms with E-state index < -0.39 is 10.0 Å². The van der Waals surface area contributed by atoms with Gasteiger partial charge in [-0.1, -0.05) is 30.3 Å². The molecule has 1 unspecified atom stereocenters. The first-order valence-electron chi connectivity index (χ1n) is 12.9. The van der Waals surface area contributed by atoms with Gasteiger partial charge < -0.3 is 18.9 Å². The van der Waals surface area contributed by atoms with Crippen molar-refractivity contribution >= 4 is 15.9 Å². The van der Waals surface area contributed by atoms with Crippen LogP contribution in [0.25, 0.3) is 0 Å². The van der Waals surface area contributed by atoms with Crippen molar-refractivity contribution in [3.8, 4) is 5.75 Å². The maximum atomic E-state index is 14.0. The summed E-state index contributed by atoms with van der Waals surface area (Å²) in [7, 11) is -2.28. The number of hydrogen-bond acceptors (Lipinski definition) is 5. The molecule has 0 saturated carbocycles. The fourth-order valence-corrected chi connectivity index (χ4v) is 7.06. The fraction of sp³-hybridized carbons (Fsp3) is 0.414. The third kappa shape index (κ3) is 5.65. The van der Waals surface area contributed by atoms with E-state index in [-0.39, 0.29) is 43.1 Å². The van der Waals surface area contributed by atoms with E-state index in [0.717, 1.165) is 23.4 Å². The molecule has 0 fully saturated rings. The van der Waals surface area contributed by atoms with Crippen molar-refractivity contribution in [1.82, 2.24) is 13.8 Å². The van der Waals surface area contributed by atoms with E-state index in [1.807, 2.05) is 74.3 Å². The number of hydrogen-bond donors (Lipinski definition) is 0. The predicted molar refractivity (Wildman–Crippen MR) is 147 cm³/mol. The second kappa shape index (κ2) is 11.7. The van der Waals surface area contributed by atoms with Gasteiger partial charge in [0.05, 0.1) is 24.7 Å². The van der Waals surface area contributed by atoms with Crippen LogP contribution in [0.3, 0.4) is 0 Å². The van der Waals surface area contributed by atoms with Crippen LogP contribution < -0.4 is 4.74 Å². The van der Waals surface area contributed by atoms with Gasteiger partial charge in [0.2, 0.25) is 15.9 Å². The van der Waals surface area contributed by atoms with E-state index in [2.05, 4.69) is 4.57 Å². The highest BCUT2D eigenvalue weighted by molar-refractivity contribution is 7.89. The Kier molecular flexibility index (Phi) is 8.60. The van der Waals surface area contributed by atoms with Gasteiger partial charge in [-0.3, -0.25) is 4.79 Å². The minimum Gasteiger partial charge on any atom is -0.496 e. The number of nitrogens with zero attached hydrogens (tertiary/aromatic N) is 3. The highest BCUT2D eigenvalue weighted by Crippen LogP contribution is 2.33. The lowest BCUT2D eigenvalue weighted by molar-refractivity contribution is -0.139. The average Bonchev–Trinajstić information content (AvgIpc) is 3.38. The highest BCUT2D eigenvalue weighted by atomic mass is 32.2. The maximum Gasteiger partial charge on any atom is 0.249 e. The molecule has 38 heavy (non-hydrogen) atoms. The van der Waals surface area contributed by atoms with E-state index in [4.69, 9.17) is 9.47 Å². The second-order valence-corrected chi connectivity index (χ2v) is 11.6. The molecule has 1 aromatic heterocycles. The Morgan fingerprint density at radius 2 is 1.79 bits per heavy atom. The summed E-state index contributed by atoms with van der Waals surface area (Å²) < 4.78 is 42.8. The molecule has 204 valence electrons. The van der Waals surface area contributed by atoms with Crippen molar-refractivity contribution < 1.29 is 22.7 Å². The molecule has 0 aliphatic carbocycles. The van der Waals surface area contributed by atoms with Gasteiger partial charge in [-0.25, -0.2) is 8.42 Å². The number of fused-ring (bicyclic) bond motifs is 1. The quantitative estimate of drug-likeness (QED) is 0.360. The Morgan fingerprint density at radius 1 is 1.05 bits per heavy atom. The minimum absolute atomic E-state index is 0.0333. The largest absolute Gasteiger partial charge is 0.496 e. The summed E-state index contributed by atoms with van der Waals surface area (Å²) in [5, 5.41) is 0. The van der Waals surface area contributed by atoms with Crippen LogP contribution in [0.5, 0.6) is 5.75 Å². The van der Waals surface area contributed by atoms with Crippen molar-refractivity contribution in [3.05, 3.63) is 82.7 Å². The molecule has 1 aliphatic rings. The monoisotopic (exact) mass is 539 g/mol. The Morgan fingerprint density at radius 3 is 2.50 bits per heavy atom. The Bertz CT molecular complexity index is 1380. The molecule has 0 spiro atoms. The Labute approximate surface area is 225 Å². The maximum absolute atomic E-state index is 14.0. The van der Waals surface area contributed by atoms with E-state index >= 15 is 0 Å². The molecule has 1 atom stereocenters. The first-order valence-corrected chi connectivity index (χ1v) is 14.3. The number of ether oxygens (including phenoxy) is 2.